The average molecular weight is 714 g/mol. The molecule has 3 aromatic heterocycles. The largest absolute Gasteiger partial charge is 0.379 e. The van der Waals surface area contributed by atoms with Gasteiger partial charge in [-0.1, -0.05) is 12.0 Å². The number of pyridine rings is 1. The number of likely N-dealkylation sites (tertiary alicyclic amines) is 1. The maximum absolute atomic E-state index is 14.4. The van der Waals surface area contributed by atoms with Crippen LogP contribution >= 0.6 is 15.9 Å². The molecule has 5 heterocycles. The molecule has 0 spiro atoms. The lowest BCUT2D eigenvalue weighted by atomic mass is 9.98. The molecule has 0 saturated carbocycles. The standard InChI is InChI=1S/C35H37BrN8O4/c1-6-28-25(18-42-9-11-48-12-10-42)15-29(35(47)40-34-20(2)7-8-30(36)39-34)44(28)31(46)19-43-33-21(3)13-24(26-16-37-23(5)38-17-26)14-27(33)32(41-43)22(4)45/h1,7-8,13-14,16-17,25,28-29H,9-12,15,18-19H2,2-5H3,(H,39,40,47)/t25-,28-,29+/m1/s1. The number of nitrogens with zero attached hydrogens (tertiary/aromatic N) is 7. The maximum atomic E-state index is 14.4. The zero-order valence-electron chi connectivity index (χ0n) is 27.4. The first-order valence-corrected chi connectivity index (χ1v) is 16.7. The molecule has 2 aliphatic rings. The molecule has 4 aromatic rings. The number of fused-ring (bicyclic) bond motifs is 1. The summed E-state index contributed by atoms with van der Waals surface area (Å²) in [6, 6.07) is 6.02. The first-order valence-electron chi connectivity index (χ1n) is 15.9. The summed E-state index contributed by atoms with van der Waals surface area (Å²) in [6.45, 7) is 10.2. The number of rotatable bonds is 8. The van der Waals surface area contributed by atoms with Gasteiger partial charge < -0.3 is 15.0 Å². The van der Waals surface area contributed by atoms with Crippen molar-refractivity contribution in [2.45, 2.75) is 52.7 Å². The lowest BCUT2D eigenvalue weighted by molar-refractivity contribution is -0.138. The molecule has 3 atom stereocenters. The Morgan fingerprint density at radius 1 is 1.06 bits per heavy atom. The lowest BCUT2D eigenvalue weighted by Crippen LogP contribution is -2.49. The maximum Gasteiger partial charge on any atom is 0.248 e. The minimum Gasteiger partial charge on any atom is -0.379 e. The SMILES string of the molecule is C#C[C@@H]1[C@@H](CN2CCOCC2)C[C@@H](C(=O)Nc2nc(Br)ccc2C)N1C(=O)Cn1nc(C(C)=O)c2cc(-c3cnc(C)nc3)cc(C)c21. The number of hydrogen-bond acceptors (Lipinski definition) is 9. The Kier molecular flexibility index (Phi) is 9.68. The second kappa shape index (κ2) is 13.9. The zero-order valence-corrected chi connectivity index (χ0v) is 29.0. The zero-order chi connectivity index (χ0) is 34.1. The molecule has 0 radical (unpaired) electrons. The van der Waals surface area contributed by atoms with E-state index in [0.29, 0.717) is 53.3 Å². The van der Waals surface area contributed by atoms with E-state index in [0.717, 1.165) is 35.3 Å². The van der Waals surface area contributed by atoms with Crippen LogP contribution < -0.4 is 5.32 Å². The summed E-state index contributed by atoms with van der Waals surface area (Å²) in [5.41, 5.74) is 4.14. The predicted octanol–water partition coefficient (Wildman–Crippen LogP) is 3.97. The van der Waals surface area contributed by atoms with Gasteiger partial charge in [0.15, 0.2) is 5.78 Å². The highest BCUT2D eigenvalue weighted by Crippen LogP contribution is 2.34. The van der Waals surface area contributed by atoms with Crippen molar-refractivity contribution < 1.29 is 19.1 Å². The number of hydrogen-bond donors (Lipinski definition) is 1. The van der Waals surface area contributed by atoms with E-state index in [9.17, 15) is 14.4 Å². The number of anilines is 1. The van der Waals surface area contributed by atoms with Gasteiger partial charge in [0.05, 0.1) is 24.8 Å². The fraction of sp³-hybridized carbons (Fsp3) is 0.400. The fourth-order valence-electron chi connectivity index (χ4n) is 6.67. The molecule has 12 nitrogen and oxygen atoms in total. The summed E-state index contributed by atoms with van der Waals surface area (Å²) >= 11 is 3.38. The third kappa shape index (κ3) is 6.74. The normalized spacial score (nSPS) is 19.8. The molecule has 2 saturated heterocycles. The molecule has 13 heteroatoms. The van der Waals surface area contributed by atoms with Gasteiger partial charge in [-0.2, -0.15) is 5.10 Å². The van der Waals surface area contributed by atoms with Crippen molar-refractivity contribution in [2.24, 2.45) is 5.92 Å². The van der Waals surface area contributed by atoms with Gasteiger partial charge in [0.2, 0.25) is 11.8 Å². The Labute approximate surface area is 287 Å². The number of aryl methyl sites for hydroxylation is 3. The monoisotopic (exact) mass is 712 g/mol. The van der Waals surface area contributed by atoms with Crippen molar-refractivity contribution in [3.63, 3.8) is 0 Å². The molecular weight excluding hydrogens is 676 g/mol. The van der Waals surface area contributed by atoms with Gasteiger partial charge in [0, 0.05) is 55.8 Å². The number of carbonyl (C=O) groups excluding carboxylic acids is 3. The van der Waals surface area contributed by atoms with Gasteiger partial charge in [-0.05, 0) is 78.0 Å². The highest BCUT2D eigenvalue weighted by Gasteiger charge is 2.47. The first-order chi connectivity index (χ1) is 23.0. The third-order valence-electron chi connectivity index (χ3n) is 9.04. The average Bonchev–Trinajstić information content (AvgIpc) is 3.62. The van der Waals surface area contributed by atoms with Crippen LogP contribution in [0.3, 0.4) is 0 Å². The van der Waals surface area contributed by atoms with Crippen molar-refractivity contribution in [2.75, 3.05) is 38.2 Å². The molecule has 1 aromatic carbocycles. The minimum atomic E-state index is -0.840. The summed E-state index contributed by atoms with van der Waals surface area (Å²) in [6.07, 6.45) is 10.00. The molecule has 0 unspecified atom stereocenters. The number of halogens is 1. The van der Waals surface area contributed by atoms with Crippen molar-refractivity contribution in [3.8, 4) is 23.5 Å². The van der Waals surface area contributed by atoms with Crippen LogP contribution in [0, 0.1) is 39.0 Å². The molecule has 2 amide bonds. The predicted molar refractivity (Wildman–Crippen MR) is 184 cm³/mol. The van der Waals surface area contributed by atoms with E-state index in [1.54, 1.807) is 23.1 Å². The summed E-state index contributed by atoms with van der Waals surface area (Å²) in [5, 5.41) is 8.19. The van der Waals surface area contributed by atoms with Crippen LogP contribution in [0.1, 0.15) is 40.8 Å². The number of Topliss-reactive ketones (excluding diaryl/α,β-unsaturated/α-hetero) is 1. The Hall–Kier alpha value is -4.51. The van der Waals surface area contributed by atoms with Crippen LogP contribution in [-0.4, -0.2) is 97.1 Å². The van der Waals surface area contributed by atoms with Crippen molar-refractivity contribution in [1.29, 1.82) is 0 Å². The summed E-state index contributed by atoms with van der Waals surface area (Å²) in [7, 11) is 0. The minimum absolute atomic E-state index is 0.146. The lowest BCUT2D eigenvalue weighted by Gasteiger charge is -2.31. The van der Waals surface area contributed by atoms with Crippen molar-refractivity contribution in [1.82, 2.24) is 34.5 Å². The fourth-order valence-corrected chi connectivity index (χ4v) is 6.98. The van der Waals surface area contributed by atoms with Crippen LogP contribution in [0.25, 0.3) is 22.0 Å². The summed E-state index contributed by atoms with van der Waals surface area (Å²) in [4.78, 5) is 58.0. The first kappa shape index (κ1) is 33.4. The van der Waals surface area contributed by atoms with Gasteiger partial charge in [-0.25, -0.2) is 15.0 Å². The van der Waals surface area contributed by atoms with Crippen LogP contribution in [0.5, 0.6) is 0 Å². The van der Waals surface area contributed by atoms with E-state index in [1.807, 2.05) is 39.0 Å². The van der Waals surface area contributed by atoms with Crippen LogP contribution in [0.4, 0.5) is 5.82 Å². The smallest absolute Gasteiger partial charge is 0.248 e. The molecule has 48 heavy (non-hydrogen) atoms. The molecule has 1 N–H and O–H groups in total. The van der Waals surface area contributed by atoms with E-state index >= 15 is 0 Å². The number of nitrogens with one attached hydrogen (secondary N) is 1. The Morgan fingerprint density at radius 3 is 2.48 bits per heavy atom. The summed E-state index contributed by atoms with van der Waals surface area (Å²) < 4.78 is 7.66. The second-order valence-electron chi connectivity index (χ2n) is 12.4. The molecule has 0 aliphatic carbocycles. The molecule has 6 rings (SSSR count). The van der Waals surface area contributed by atoms with Crippen LogP contribution in [0.15, 0.2) is 41.3 Å². The van der Waals surface area contributed by atoms with Crippen molar-refractivity contribution in [3.05, 3.63) is 63.9 Å². The number of ketones is 1. The van der Waals surface area contributed by atoms with Crippen LogP contribution in [-0.2, 0) is 20.9 Å². The highest BCUT2D eigenvalue weighted by atomic mass is 79.9. The number of ether oxygens (including phenoxy) is 1. The van der Waals surface area contributed by atoms with Gasteiger partial charge in [0.25, 0.3) is 0 Å². The Morgan fingerprint density at radius 2 is 1.79 bits per heavy atom. The van der Waals surface area contributed by atoms with E-state index in [2.05, 4.69) is 52.1 Å². The van der Waals surface area contributed by atoms with Gasteiger partial charge in [-0.3, -0.25) is 24.0 Å². The van der Waals surface area contributed by atoms with E-state index in [4.69, 9.17) is 11.2 Å². The Balaban J connectivity index is 1.35. The molecular formula is C35H37BrN8O4. The van der Waals surface area contributed by atoms with Gasteiger partial charge >= 0.3 is 0 Å². The van der Waals surface area contributed by atoms with Gasteiger partial charge in [-0.15, -0.1) is 6.42 Å². The number of terminal acetylenes is 1. The second-order valence-corrected chi connectivity index (χ2v) is 13.2. The number of aromatic nitrogens is 5. The van der Waals surface area contributed by atoms with E-state index in [1.165, 1.54) is 11.8 Å². The van der Waals surface area contributed by atoms with Crippen molar-refractivity contribution >= 4 is 50.2 Å². The van der Waals surface area contributed by atoms with E-state index in [-0.39, 0.29) is 35.8 Å². The van der Waals surface area contributed by atoms with Gasteiger partial charge in [0.1, 0.15) is 34.5 Å². The third-order valence-corrected chi connectivity index (χ3v) is 9.48. The topological polar surface area (TPSA) is 135 Å². The number of carbonyl (C=O) groups is 3. The molecule has 2 fully saturated rings. The summed E-state index contributed by atoms with van der Waals surface area (Å²) in [5.74, 6) is 2.80. The molecule has 248 valence electrons. The quantitative estimate of drug-likeness (QED) is 0.164. The van der Waals surface area contributed by atoms with E-state index < -0.39 is 12.1 Å². The van der Waals surface area contributed by atoms with Crippen LogP contribution in [0.2, 0.25) is 0 Å². The number of benzene rings is 1. The number of amides is 2. The highest BCUT2D eigenvalue weighted by molar-refractivity contribution is 9.10. The Bertz CT molecular complexity index is 1930. The molecule has 2 aliphatic heterocycles. The molecule has 0 bridgehead atoms. The number of morpholine rings is 1.